The highest BCUT2D eigenvalue weighted by molar-refractivity contribution is 7.89. The Morgan fingerprint density at radius 3 is 2.67 bits per heavy atom. The van der Waals surface area contributed by atoms with Crippen molar-refractivity contribution < 1.29 is 8.42 Å². The van der Waals surface area contributed by atoms with Gasteiger partial charge in [0, 0.05) is 17.6 Å². The highest BCUT2D eigenvalue weighted by Gasteiger charge is 2.18. The van der Waals surface area contributed by atoms with E-state index in [0.29, 0.717) is 5.52 Å². The monoisotopic (exact) mass is 264 g/mol. The Bertz CT molecular complexity index is 678. The third-order valence-electron chi connectivity index (χ3n) is 2.49. The standard InChI is InChI=1S/C13H16N2O2S/c1-9(2)15-18(16,17)12-6-4-5-11-7-10(3)8-14-13(11)12/h4-9,15H,1-3H3. The fourth-order valence-electron chi connectivity index (χ4n) is 1.83. The van der Waals surface area contributed by atoms with Crippen molar-refractivity contribution in [3.05, 3.63) is 36.0 Å². The van der Waals surface area contributed by atoms with Gasteiger partial charge in [-0.1, -0.05) is 12.1 Å². The van der Waals surface area contributed by atoms with Crippen molar-refractivity contribution in [2.45, 2.75) is 31.7 Å². The lowest BCUT2D eigenvalue weighted by Crippen LogP contribution is -2.30. The maximum Gasteiger partial charge on any atom is 0.242 e. The molecule has 1 aromatic carbocycles. The number of nitrogens with one attached hydrogen (secondary N) is 1. The summed E-state index contributed by atoms with van der Waals surface area (Å²) < 4.78 is 27.0. The molecular formula is C13H16N2O2S. The molecule has 1 heterocycles. The van der Waals surface area contributed by atoms with Crippen LogP contribution in [-0.4, -0.2) is 19.4 Å². The van der Waals surface area contributed by atoms with Crippen LogP contribution in [0.15, 0.2) is 35.4 Å². The SMILES string of the molecule is Cc1cnc2c(S(=O)(=O)NC(C)C)cccc2c1. The van der Waals surface area contributed by atoms with Gasteiger partial charge in [0.1, 0.15) is 4.90 Å². The third kappa shape index (κ3) is 2.52. The Hall–Kier alpha value is -1.46. The maximum atomic E-state index is 12.2. The first-order valence-corrected chi connectivity index (χ1v) is 7.26. The predicted molar refractivity (Wildman–Crippen MR) is 71.9 cm³/mol. The van der Waals surface area contributed by atoms with Crippen molar-refractivity contribution in [1.29, 1.82) is 0 Å². The number of pyridine rings is 1. The van der Waals surface area contributed by atoms with Crippen LogP contribution in [0.4, 0.5) is 0 Å². The van der Waals surface area contributed by atoms with E-state index in [1.807, 2.05) is 19.1 Å². The Morgan fingerprint density at radius 1 is 1.28 bits per heavy atom. The molecule has 0 saturated carbocycles. The van der Waals surface area contributed by atoms with E-state index in [1.54, 1.807) is 32.2 Å². The van der Waals surface area contributed by atoms with Gasteiger partial charge in [-0.05, 0) is 38.5 Å². The van der Waals surface area contributed by atoms with Gasteiger partial charge >= 0.3 is 0 Å². The van der Waals surface area contributed by atoms with Crippen LogP contribution >= 0.6 is 0 Å². The normalized spacial score (nSPS) is 12.2. The van der Waals surface area contributed by atoms with E-state index < -0.39 is 10.0 Å². The highest BCUT2D eigenvalue weighted by atomic mass is 32.2. The van der Waals surface area contributed by atoms with Gasteiger partial charge in [-0.3, -0.25) is 4.98 Å². The van der Waals surface area contributed by atoms with Crippen molar-refractivity contribution in [3.63, 3.8) is 0 Å². The zero-order valence-corrected chi connectivity index (χ0v) is 11.5. The first kappa shape index (κ1) is 13.0. The molecule has 96 valence electrons. The molecule has 0 saturated heterocycles. The lowest BCUT2D eigenvalue weighted by molar-refractivity contribution is 0.570. The summed E-state index contributed by atoms with van der Waals surface area (Å²) in [5, 5.41) is 0.835. The lowest BCUT2D eigenvalue weighted by atomic mass is 10.2. The molecule has 2 rings (SSSR count). The number of hydrogen-bond acceptors (Lipinski definition) is 3. The molecule has 1 N–H and O–H groups in total. The highest BCUT2D eigenvalue weighted by Crippen LogP contribution is 2.21. The summed E-state index contributed by atoms with van der Waals surface area (Å²) in [7, 11) is -3.51. The molecule has 4 nitrogen and oxygen atoms in total. The fraction of sp³-hybridized carbons (Fsp3) is 0.308. The topological polar surface area (TPSA) is 59.1 Å². The van der Waals surface area contributed by atoms with Gasteiger partial charge in [-0.25, -0.2) is 13.1 Å². The number of hydrogen-bond donors (Lipinski definition) is 1. The molecule has 0 radical (unpaired) electrons. The van der Waals surface area contributed by atoms with E-state index in [2.05, 4.69) is 9.71 Å². The van der Waals surface area contributed by atoms with Crippen molar-refractivity contribution >= 4 is 20.9 Å². The summed E-state index contributed by atoms with van der Waals surface area (Å²) in [4.78, 5) is 4.47. The summed E-state index contributed by atoms with van der Waals surface area (Å²) in [6, 6.07) is 6.96. The molecule has 18 heavy (non-hydrogen) atoms. The molecule has 0 aliphatic heterocycles. The predicted octanol–water partition coefficient (Wildman–Crippen LogP) is 2.23. The number of rotatable bonds is 3. The molecular weight excluding hydrogens is 248 g/mol. The Labute approximate surface area is 107 Å². The number of aromatic nitrogens is 1. The van der Waals surface area contributed by atoms with Crippen LogP contribution in [-0.2, 0) is 10.0 Å². The minimum absolute atomic E-state index is 0.143. The van der Waals surface area contributed by atoms with Crippen molar-refractivity contribution in [2.24, 2.45) is 0 Å². The second kappa shape index (κ2) is 4.66. The van der Waals surface area contributed by atoms with E-state index in [4.69, 9.17) is 0 Å². The zero-order chi connectivity index (χ0) is 13.3. The van der Waals surface area contributed by atoms with E-state index in [-0.39, 0.29) is 10.9 Å². The number of benzene rings is 1. The number of sulfonamides is 1. The van der Waals surface area contributed by atoms with Crippen LogP contribution in [0, 0.1) is 6.92 Å². The van der Waals surface area contributed by atoms with Gasteiger partial charge in [-0.15, -0.1) is 0 Å². The fourth-order valence-corrected chi connectivity index (χ4v) is 3.26. The molecule has 0 amide bonds. The van der Waals surface area contributed by atoms with E-state index in [0.717, 1.165) is 10.9 Å². The number of para-hydroxylation sites is 1. The third-order valence-corrected chi connectivity index (χ3v) is 4.18. The summed E-state index contributed by atoms with van der Waals surface area (Å²) >= 11 is 0. The molecule has 0 bridgehead atoms. The minimum Gasteiger partial charge on any atom is -0.255 e. The Kier molecular flexibility index (Phi) is 3.36. The van der Waals surface area contributed by atoms with Gasteiger partial charge in [-0.2, -0.15) is 0 Å². The minimum atomic E-state index is -3.51. The second-order valence-electron chi connectivity index (χ2n) is 4.62. The number of fused-ring (bicyclic) bond motifs is 1. The molecule has 0 atom stereocenters. The first-order chi connectivity index (χ1) is 8.40. The van der Waals surface area contributed by atoms with Crippen molar-refractivity contribution in [2.75, 3.05) is 0 Å². The van der Waals surface area contributed by atoms with Crippen LogP contribution in [0.1, 0.15) is 19.4 Å². The van der Waals surface area contributed by atoms with E-state index in [9.17, 15) is 8.42 Å². The molecule has 0 unspecified atom stereocenters. The van der Waals surface area contributed by atoms with Crippen LogP contribution in [0.3, 0.4) is 0 Å². The summed E-state index contributed by atoms with van der Waals surface area (Å²) in [5.41, 5.74) is 1.52. The molecule has 0 fully saturated rings. The molecule has 0 spiro atoms. The van der Waals surface area contributed by atoms with Crippen LogP contribution in [0.5, 0.6) is 0 Å². The van der Waals surface area contributed by atoms with E-state index in [1.165, 1.54) is 0 Å². The summed E-state index contributed by atoms with van der Waals surface area (Å²) in [6.07, 6.45) is 1.68. The summed E-state index contributed by atoms with van der Waals surface area (Å²) in [5.74, 6) is 0. The number of nitrogens with zero attached hydrogens (tertiary/aromatic N) is 1. The van der Waals surface area contributed by atoms with Gasteiger partial charge in [0.15, 0.2) is 0 Å². The van der Waals surface area contributed by atoms with Crippen LogP contribution < -0.4 is 4.72 Å². The van der Waals surface area contributed by atoms with E-state index >= 15 is 0 Å². The quantitative estimate of drug-likeness (QED) is 0.924. The molecule has 1 aromatic heterocycles. The largest absolute Gasteiger partial charge is 0.255 e. The average Bonchev–Trinajstić information content (AvgIpc) is 2.26. The van der Waals surface area contributed by atoms with Gasteiger partial charge in [0.05, 0.1) is 5.52 Å². The van der Waals surface area contributed by atoms with Crippen LogP contribution in [0.2, 0.25) is 0 Å². The average molecular weight is 264 g/mol. The molecule has 2 aromatic rings. The molecule has 5 heteroatoms. The maximum absolute atomic E-state index is 12.2. The smallest absolute Gasteiger partial charge is 0.242 e. The van der Waals surface area contributed by atoms with Crippen molar-refractivity contribution in [1.82, 2.24) is 9.71 Å². The van der Waals surface area contributed by atoms with Gasteiger partial charge < -0.3 is 0 Å². The molecule has 0 aliphatic carbocycles. The Balaban J connectivity index is 2.65. The Morgan fingerprint density at radius 2 is 2.00 bits per heavy atom. The van der Waals surface area contributed by atoms with Gasteiger partial charge in [0.25, 0.3) is 0 Å². The second-order valence-corrected chi connectivity index (χ2v) is 6.30. The first-order valence-electron chi connectivity index (χ1n) is 5.78. The zero-order valence-electron chi connectivity index (χ0n) is 10.6. The summed E-state index contributed by atoms with van der Waals surface area (Å²) in [6.45, 7) is 5.51. The molecule has 0 aliphatic rings. The number of aryl methyl sites for hydroxylation is 1. The van der Waals surface area contributed by atoms with Crippen LogP contribution in [0.25, 0.3) is 10.9 Å². The lowest BCUT2D eigenvalue weighted by Gasteiger charge is -2.11. The van der Waals surface area contributed by atoms with Crippen molar-refractivity contribution in [3.8, 4) is 0 Å². The van der Waals surface area contributed by atoms with Gasteiger partial charge in [0.2, 0.25) is 10.0 Å².